The van der Waals surface area contributed by atoms with E-state index in [-0.39, 0.29) is 48.9 Å². The summed E-state index contributed by atoms with van der Waals surface area (Å²) < 4.78 is 5.84. The molecular formula is C42H52IrN3O3-. The van der Waals surface area contributed by atoms with Gasteiger partial charge in [0.05, 0.1) is 28.8 Å². The fourth-order valence-corrected chi connectivity index (χ4v) is 6.23. The Balaban J connectivity index is 0.000000347. The molecular weight excluding hydrogens is 787 g/mol. The molecule has 0 atom stereocenters. The van der Waals surface area contributed by atoms with E-state index >= 15 is 0 Å². The van der Waals surface area contributed by atoms with Gasteiger partial charge in [0.25, 0.3) is 0 Å². The fraction of sp³-hybridized carbons (Fsp3) is 0.429. The van der Waals surface area contributed by atoms with Crippen molar-refractivity contribution in [2.45, 2.75) is 99.8 Å². The first kappa shape index (κ1) is 39.8. The van der Waals surface area contributed by atoms with Crippen molar-refractivity contribution in [1.82, 2.24) is 15.0 Å². The smallest absolute Gasteiger partial charge is 0.162 e. The normalized spacial score (nSPS) is 12.0. The van der Waals surface area contributed by atoms with Gasteiger partial charge >= 0.3 is 0 Å². The number of hydrogen-bond donors (Lipinski definition) is 1. The molecule has 0 fully saturated rings. The third kappa shape index (κ3) is 9.73. The Morgan fingerprint density at radius 2 is 1.57 bits per heavy atom. The number of benzene rings is 2. The summed E-state index contributed by atoms with van der Waals surface area (Å²) in [5.41, 5.74) is 6.69. The van der Waals surface area contributed by atoms with E-state index in [4.69, 9.17) is 9.40 Å². The van der Waals surface area contributed by atoms with Crippen molar-refractivity contribution in [3.63, 3.8) is 0 Å². The summed E-state index contributed by atoms with van der Waals surface area (Å²) in [5.74, 6) is 1.06. The van der Waals surface area contributed by atoms with Gasteiger partial charge in [0.2, 0.25) is 0 Å². The van der Waals surface area contributed by atoms with Gasteiger partial charge in [-0.3, -0.25) is 14.8 Å². The number of nitrogens with zero attached hydrogens (tertiary/aromatic N) is 3. The second-order valence-electron chi connectivity index (χ2n) is 14.1. The van der Waals surface area contributed by atoms with E-state index in [9.17, 15) is 9.90 Å². The number of carbonyl (C=O) groups excluding carboxylic acids is 1. The summed E-state index contributed by atoms with van der Waals surface area (Å²) in [4.78, 5) is 25.6. The number of ketones is 1. The van der Waals surface area contributed by atoms with E-state index in [1.54, 1.807) is 12.5 Å². The molecule has 0 saturated carbocycles. The maximum Gasteiger partial charge on any atom is 0.162 e. The van der Waals surface area contributed by atoms with Crippen LogP contribution in [-0.2, 0) is 36.7 Å². The Kier molecular flexibility index (Phi) is 14.5. The zero-order chi connectivity index (χ0) is 35.0. The minimum Gasteiger partial charge on any atom is -0.512 e. The molecule has 3 aromatic heterocycles. The van der Waals surface area contributed by atoms with E-state index in [1.807, 2.05) is 46.1 Å². The summed E-state index contributed by atoms with van der Waals surface area (Å²) >= 11 is 0. The number of aliphatic hydroxyl groups excluding tert-OH is 1. The first-order valence-corrected chi connectivity index (χ1v) is 17.5. The van der Waals surface area contributed by atoms with Crippen LogP contribution in [0.2, 0.25) is 0 Å². The summed E-state index contributed by atoms with van der Waals surface area (Å²) in [6.45, 7) is 19.2. The number of hydrogen-bond acceptors (Lipinski definition) is 6. The number of rotatable bonds is 11. The van der Waals surface area contributed by atoms with Gasteiger partial charge in [0.1, 0.15) is 11.9 Å². The molecule has 49 heavy (non-hydrogen) atoms. The molecule has 0 aliphatic carbocycles. The molecule has 0 amide bonds. The van der Waals surface area contributed by atoms with Crippen LogP contribution in [0.3, 0.4) is 0 Å². The predicted octanol–water partition coefficient (Wildman–Crippen LogP) is 11.3. The van der Waals surface area contributed by atoms with Crippen molar-refractivity contribution in [1.29, 1.82) is 0 Å². The summed E-state index contributed by atoms with van der Waals surface area (Å²) in [6.07, 6.45) is 11.1. The molecule has 2 aromatic carbocycles. The van der Waals surface area contributed by atoms with Crippen LogP contribution in [0.5, 0.6) is 0 Å². The number of allylic oxidation sites excluding steroid dienone is 2. The van der Waals surface area contributed by atoms with E-state index in [0.29, 0.717) is 5.92 Å². The second kappa shape index (κ2) is 17.8. The molecule has 0 unspecified atom stereocenters. The molecule has 5 rings (SSSR count). The van der Waals surface area contributed by atoms with Gasteiger partial charge in [-0.15, -0.1) is 29.1 Å². The van der Waals surface area contributed by atoms with Crippen LogP contribution in [-0.4, -0.2) is 25.8 Å². The quantitative estimate of drug-likeness (QED) is 0.0810. The van der Waals surface area contributed by atoms with Gasteiger partial charge in [-0.1, -0.05) is 91.5 Å². The van der Waals surface area contributed by atoms with Gasteiger partial charge in [0.15, 0.2) is 5.78 Å². The Hall–Kier alpha value is -3.67. The molecule has 3 heterocycles. The minimum absolute atomic E-state index is 0. The van der Waals surface area contributed by atoms with Crippen molar-refractivity contribution in [3.05, 3.63) is 90.3 Å². The Labute approximate surface area is 306 Å². The maximum atomic E-state index is 11.7. The van der Waals surface area contributed by atoms with Gasteiger partial charge in [-0.05, 0) is 55.6 Å². The monoisotopic (exact) mass is 839 g/mol. The van der Waals surface area contributed by atoms with Crippen LogP contribution < -0.4 is 0 Å². The molecule has 1 radical (unpaired) electrons. The standard InChI is InChI=1S/C29H28N3O.C13H24O2.Ir/c1-18(2)12-21-16-33-26-10-11-30-28(27(21)26)25-15-24(31-17-32-25)20-13-19-8-6-7-9-22(19)23(14-20)29(3,4)5;1-5-10(6-2)12(14)9-13(15)11(7-3)8-4;/h6-11,14-18H,12H2,1-5H3;9-11,14H,5-8H2,1-4H3;/q-1;;/b;12-9-;. The number of fused-ring (bicyclic) bond motifs is 2. The zero-order valence-electron chi connectivity index (χ0n) is 30.6. The Morgan fingerprint density at radius 3 is 2.20 bits per heavy atom. The Bertz CT molecular complexity index is 1860. The van der Waals surface area contributed by atoms with Crippen LogP contribution in [0.15, 0.2) is 77.5 Å². The predicted molar refractivity (Wildman–Crippen MR) is 198 cm³/mol. The number of aliphatic hydroxyl groups is 1. The molecule has 1 N–H and O–H groups in total. The van der Waals surface area contributed by atoms with E-state index in [1.165, 1.54) is 17.0 Å². The number of aromatic nitrogens is 3. The molecule has 0 bridgehead atoms. The van der Waals surface area contributed by atoms with Gasteiger partial charge in [-0.2, -0.15) is 0 Å². The summed E-state index contributed by atoms with van der Waals surface area (Å²) in [7, 11) is 0. The Morgan fingerprint density at radius 1 is 0.918 bits per heavy atom. The molecule has 0 aliphatic heterocycles. The third-order valence-electron chi connectivity index (χ3n) is 9.04. The fourth-order valence-electron chi connectivity index (χ4n) is 6.23. The van der Waals surface area contributed by atoms with Gasteiger partial charge in [-0.25, -0.2) is 4.98 Å². The molecule has 7 heteroatoms. The van der Waals surface area contributed by atoms with Crippen molar-refractivity contribution in [2.75, 3.05) is 0 Å². The average Bonchev–Trinajstić information content (AvgIpc) is 3.47. The van der Waals surface area contributed by atoms with Crippen molar-refractivity contribution in [3.8, 4) is 22.6 Å². The molecule has 263 valence electrons. The van der Waals surface area contributed by atoms with Crippen LogP contribution in [0, 0.1) is 23.8 Å². The average molecular weight is 839 g/mol. The molecule has 0 spiro atoms. The topological polar surface area (TPSA) is 89.1 Å². The number of carbonyl (C=O) groups is 1. The van der Waals surface area contributed by atoms with E-state index in [2.05, 4.69) is 81.0 Å². The summed E-state index contributed by atoms with van der Waals surface area (Å²) in [6, 6.07) is 18.1. The van der Waals surface area contributed by atoms with Gasteiger partial charge in [0, 0.05) is 55.5 Å². The summed E-state index contributed by atoms with van der Waals surface area (Å²) in [5, 5.41) is 13.1. The number of pyridine rings is 1. The third-order valence-corrected chi connectivity index (χ3v) is 9.04. The first-order chi connectivity index (χ1) is 22.9. The molecule has 0 saturated heterocycles. The molecule has 5 aromatic rings. The van der Waals surface area contributed by atoms with Crippen molar-refractivity contribution >= 4 is 27.5 Å². The SMILES string of the molecule is CC(C)Cc1coc2ccnc(-c3cc(-c4[c-]c5ccccc5c(C(C)(C)C)c4)ncn3)c12.CCC(CC)C(=O)/C=C(\O)C(CC)CC.[Ir]. The van der Waals surface area contributed by atoms with Crippen LogP contribution in [0.1, 0.15) is 99.1 Å². The van der Waals surface area contributed by atoms with E-state index < -0.39 is 0 Å². The zero-order valence-corrected chi connectivity index (χ0v) is 33.0. The second-order valence-corrected chi connectivity index (χ2v) is 14.1. The van der Waals surface area contributed by atoms with Crippen LogP contribution in [0.25, 0.3) is 44.4 Å². The van der Waals surface area contributed by atoms with Crippen molar-refractivity contribution < 1.29 is 34.4 Å². The first-order valence-electron chi connectivity index (χ1n) is 17.5. The molecule has 6 nitrogen and oxygen atoms in total. The van der Waals surface area contributed by atoms with Crippen molar-refractivity contribution in [2.24, 2.45) is 17.8 Å². The van der Waals surface area contributed by atoms with Crippen LogP contribution >= 0.6 is 0 Å². The van der Waals surface area contributed by atoms with Crippen LogP contribution in [0.4, 0.5) is 0 Å². The molecule has 0 aliphatic rings. The van der Waals surface area contributed by atoms with E-state index in [0.717, 1.165) is 76.7 Å². The largest absolute Gasteiger partial charge is 0.512 e. The maximum absolute atomic E-state index is 11.7. The van der Waals surface area contributed by atoms with Gasteiger partial charge < -0.3 is 9.52 Å². The number of furan rings is 1. The minimum atomic E-state index is -0.00496.